The second kappa shape index (κ2) is 8.10. The highest BCUT2D eigenvalue weighted by Crippen LogP contribution is 2.21. The predicted octanol–water partition coefficient (Wildman–Crippen LogP) is 1.11. The molecular formula is C20H32N4O3. The van der Waals surface area contributed by atoms with E-state index in [2.05, 4.69) is 30.7 Å². The van der Waals surface area contributed by atoms with Gasteiger partial charge in [0.25, 0.3) is 5.56 Å². The zero-order chi connectivity index (χ0) is 19.6. The fraction of sp³-hybridized carbons (Fsp3) is 0.750. The Kier molecular flexibility index (Phi) is 6.01. The van der Waals surface area contributed by atoms with Crippen molar-refractivity contribution in [2.24, 2.45) is 5.92 Å². The van der Waals surface area contributed by atoms with E-state index in [-0.39, 0.29) is 29.6 Å². The van der Waals surface area contributed by atoms with Crippen LogP contribution < -0.4 is 5.56 Å². The molecule has 3 heterocycles. The predicted molar refractivity (Wildman–Crippen MR) is 104 cm³/mol. The maximum Gasteiger partial charge on any atom is 0.253 e. The minimum Gasteiger partial charge on any atom is -0.365 e. The van der Waals surface area contributed by atoms with Gasteiger partial charge < -0.3 is 14.5 Å². The van der Waals surface area contributed by atoms with Crippen molar-refractivity contribution < 1.29 is 9.53 Å². The van der Waals surface area contributed by atoms with Gasteiger partial charge in [-0.2, -0.15) is 0 Å². The molecule has 0 aliphatic carbocycles. The molecule has 1 aromatic rings. The number of likely N-dealkylation sites (tertiary alicyclic amines) is 1. The van der Waals surface area contributed by atoms with Gasteiger partial charge in [-0.3, -0.25) is 14.2 Å². The first-order chi connectivity index (χ1) is 12.7. The summed E-state index contributed by atoms with van der Waals surface area (Å²) in [6.45, 7) is 10.7. The number of carbonyl (C=O) groups excluding carboxylic acids is 1. The van der Waals surface area contributed by atoms with Crippen LogP contribution in [0.5, 0.6) is 0 Å². The van der Waals surface area contributed by atoms with E-state index >= 15 is 0 Å². The van der Waals surface area contributed by atoms with Crippen molar-refractivity contribution in [1.82, 2.24) is 19.4 Å². The number of amides is 1. The zero-order valence-corrected chi connectivity index (χ0v) is 17.0. The Morgan fingerprint density at radius 2 is 1.89 bits per heavy atom. The minimum atomic E-state index is -0.108. The summed E-state index contributed by atoms with van der Waals surface area (Å²) in [7, 11) is 1.83. The summed E-state index contributed by atoms with van der Waals surface area (Å²) in [6.07, 6.45) is 3.93. The Balaban J connectivity index is 1.48. The van der Waals surface area contributed by atoms with Crippen LogP contribution in [0.3, 0.4) is 0 Å². The fourth-order valence-corrected chi connectivity index (χ4v) is 3.76. The maximum atomic E-state index is 12.4. The van der Waals surface area contributed by atoms with E-state index in [4.69, 9.17) is 4.74 Å². The molecule has 0 radical (unpaired) electrons. The van der Waals surface area contributed by atoms with Crippen LogP contribution in [-0.2, 0) is 21.5 Å². The standard InChI is InChI=1S/C20H32N4O3/c1-20(2,3)17-9-18(25)24(14-21-17)10-15-5-7-23(8-6-15)12-16-11-22(4)19(26)13-27-16/h9,14-16H,5-8,10-13H2,1-4H3. The highest BCUT2D eigenvalue weighted by atomic mass is 16.5. The van der Waals surface area contributed by atoms with Crippen LogP contribution in [0.1, 0.15) is 39.3 Å². The van der Waals surface area contributed by atoms with Gasteiger partial charge in [0.05, 0.1) is 18.1 Å². The number of likely N-dealkylation sites (N-methyl/N-ethyl adjacent to an activating group) is 1. The number of rotatable bonds is 4. The molecule has 0 N–H and O–H groups in total. The molecule has 0 aromatic carbocycles. The molecule has 3 rings (SSSR count). The number of hydrogen-bond acceptors (Lipinski definition) is 5. The second-order valence-corrected chi connectivity index (χ2v) is 8.97. The number of aromatic nitrogens is 2. The van der Waals surface area contributed by atoms with Crippen LogP contribution in [0.2, 0.25) is 0 Å². The monoisotopic (exact) mass is 376 g/mol. The first-order valence-electron chi connectivity index (χ1n) is 9.87. The molecule has 27 heavy (non-hydrogen) atoms. The number of ether oxygens (including phenoxy) is 1. The third-order valence-electron chi connectivity index (χ3n) is 5.62. The Hall–Kier alpha value is -1.73. The molecule has 2 aliphatic rings. The van der Waals surface area contributed by atoms with Gasteiger partial charge in [0, 0.05) is 38.2 Å². The number of morpholine rings is 1. The third-order valence-corrected chi connectivity index (χ3v) is 5.62. The zero-order valence-electron chi connectivity index (χ0n) is 17.0. The summed E-state index contributed by atoms with van der Waals surface area (Å²) in [4.78, 5) is 32.6. The molecule has 1 amide bonds. The first-order valence-corrected chi connectivity index (χ1v) is 9.87. The second-order valence-electron chi connectivity index (χ2n) is 8.97. The lowest BCUT2D eigenvalue weighted by Gasteiger charge is -2.37. The summed E-state index contributed by atoms with van der Waals surface area (Å²) in [5.41, 5.74) is 0.777. The molecule has 150 valence electrons. The molecule has 7 nitrogen and oxygen atoms in total. The lowest BCUT2D eigenvalue weighted by atomic mass is 9.92. The van der Waals surface area contributed by atoms with E-state index in [1.807, 2.05) is 7.05 Å². The average Bonchev–Trinajstić information content (AvgIpc) is 2.61. The summed E-state index contributed by atoms with van der Waals surface area (Å²) in [6, 6.07) is 1.67. The normalized spacial score (nSPS) is 23.0. The van der Waals surface area contributed by atoms with Gasteiger partial charge in [-0.05, 0) is 31.8 Å². The molecule has 0 bridgehead atoms. The van der Waals surface area contributed by atoms with Gasteiger partial charge >= 0.3 is 0 Å². The van der Waals surface area contributed by atoms with Crippen molar-refractivity contribution >= 4 is 5.91 Å². The van der Waals surface area contributed by atoms with E-state index in [9.17, 15) is 9.59 Å². The van der Waals surface area contributed by atoms with Gasteiger partial charge in [0.1, 0.15) is 6.61 Å². The summed E-state index contributed by atoms with van der Waals surface area (Å²) in [5, 5.41) is 0. The van der Waals surface area contributed by atoms with E-state index in [1.54, 1.807) is 21.9 Å². The number of hydrogen-bond donors (Lipinski definition) is 0. The quantitative estimate of drug-likeness (QED) is 0.788. The molecule has 0 saturated carbocycles. The molecule has 0 spiro atoms. The Morgan fingerprint density at radius 3 is 2.48 bits per heavy atom. The van der Waals surface area contributed by atoms with Gasteiger partial charge in [-0.1, -0.05) is 20.8 Å². The fourth-order valence-electron chi connectivity index (χ4n) is 3.76. The molecular weight excluding hydrogens is 344 g/mol. The largest absolute Gasteiger partial charge is 0.365 e. The van der Waals surface area contributed by atoms with Crippen molar-refractivity contribution in [3.63, 3.8) is 0 Å². The van der Waals surface area contributed by atoms with Gasteiger partial charge in [-0.25, -0.2) is 4.98 Å². The average molecular weight is 377 g/mol. The van der Waals surface area contributed by atoms with Gasteiger partial charge in [0.2, 0.25) is 5.91 Å². The van der Waals surface area contributed by atoms with E-state index in [0.717, 1.165) is 44.7 Å². The lowest BCUT2D eigenvalue weighted by molar-refractivity contribution is -0.148. The molecule has 1 unspecified atom stereocenters. The van der Waals surface area contributed by atoms with Crippen LogP contribution in [0.25, 0.3) is 0 Å². The molecule has 7 heteroatoms. The van der Waals surface area contributed by atoms with Crippen molar-refractivity contribution in [3.8, 4) is 0 Å². The van der Waals surface area contributed by atoms with Crippen LogP contribution in [-0.4, -0.2) is 71.2 Å². The van der Waals surface area contributed by atoms with Crippen LogP contribution >= 0.6 is 0 Å². The van der Waals surface area contributed by atoms with Crippen molar-refractivity contribution in [2.75, 3.05) is 39.8 Å². The number of piperidine rings is 1. The van der Waals surface area contributed by atoms with Crippen LogP contribution in [0, 0.1) is 5.92 Å². The Morgan fingerprint density at radius 1 is 1.19 bits per heavy atom. The smallest absolute Gasteiger partial charge is 0.253 e. The van der Waals surface area contributed by atoms with E-state index < -0.39 is 0 Å². The number of carbonyl (C=O) groups is 1. The van der Waals surface area contributed by atoms with Crippen LogP contribution in [0.15, 0.2) is 17.2 Å². The summed E-state index contributed by atoms with van der Waals surface area (Å²) >= 11 is 0. The van der Waals surface area contributed by atoms with Crippen LogP contribution in [0.4, 0.5) is 0 Å². The molecule has 2 saturated heterocycles. The highest BCUT2D eigenvalue weighted by molar-refractivity contribution is 5.77. The summed E-state index contributed by atoms with van der Waals surface area (Å²) < 4.78 is 7.40. The molecule has 1 atom stereocenters. The SMILES string of the molecule is CN1CC(CN2CCC(Cn3cnc(C(C)(C)C)cc3=O)CC2)OCC1=O. The molecule has 2 fully saturated rings. The van der Waals surface area contributed by atoms with Crippen molar-refractivity contribution in [3.05, 3.63) is 28.4 Å². The third kappa shape index (κ3) is 5.17. The van der Waals surface area contributed by atoms with Crippen molar-refractivity contribution in [2.45, 2.75) is 51.7 Å². The van der Waals surface area contributed by atoms with Gasteiger partial charge in [0.15, 0.2) is 0 Å². The highest BCUT2D eigenvalue weighted by Gasteiger charge is 2.27. The van der Waals surface area contributed by atoms with Gasteiger partial charge in [-0.15, -0.1) is 0 Å². The molecule has 1 aromatic heterocycles. The minimum absolute atomic E-state index is 0.0423. The molecule has 2 aliphatic heterocycles. The topological polar surface area (TPSA) is 67.7 Å². The maximum absolute atomic E-state index is 12.4. The number of nitrogens with zero attached hydrogens (tertiary/aromatic N) is 4. The van der Waals surface area contributed by atoms with Crippen molar-refractivity contribution in [1.29, 1.82) is 0 Å². The lowest BCUT2D eigenvalue weighted by Crippen LogP contribution is -2.50. The van der Waals surface area contributed by atoms with E-state index in [0.29, 0.717) is 12.5 Å². The first kappa shape index (κ1) is 20.0. The Bertz CT molecular complexity index is 717. The van der Waals surface area contributed by atoms with E-state index in [1.165, 1.54) is 0 Å². The summed E-state index contributed by atoms with van der Waals surface area (Å²) in [5.74, 6) is 0.555. The Labute approximate surface area is 161 Å².